The minimum absolute atomic E-state index is 0.520. The van der Waals surface area contributed by atoms with E-state index in [9.17, 15) is 9.59 Å². The number of aldehydes is 1. The lowest BCUT2D eigenvalue weighted by Gasteiger charge is -2.03. The average Bonchev–Trinajstić information content (AvgIpc) is 2.18. The van der Waals surface area contributed by atoms with Crippen molar-refractivity contribution in [1.82, 2.24) is 0 Å². The van der Waals surface area contributed by atoms with Crippen LogP contribution in [0.3, 0.4) is 0 Å². The zero-order valence-corrected chi connectivity index (χ0v) is 8.61. The molecule has 0 rings (SSSR count). The van der Waals surface area contributed by atoms with Crippen LogP contribution in [0.15, 0.2) is 0 Å². The van der Waals surface area contributed by atoms with Gasteiger partial charge in [-0.15, -0.1) is 0 Å². The zero-order valence-electron chi connectivity index (χ0n) is 8.61. The molecule has 5 heteroatoms. The first kappa shape index (κ1) is 15.5. The maximum Gasteiger partial charge on any atom is 0.320 e. The molecule has 14 heavy (non-hydrogen) atoms. The summed E-state index contributed by atoms with van der Waals surface area (Å²) in [6.45, 7) is 2.42. The number of rotatable bonds is 6. The Morgan fingerprint density at radius 1 is 1.50 bits per heavy atom. The summed E-state index contributed by atoms with van der Waals surface area (Å²) in [6.07, 6.45) is 3.68. The van der Waals surface area contributed by atoms with Gasteiger partial charge in [0.2, 0.25) is 0 Å². The van der Waals surface area contributed by atoms with Gasteiger partial charge in [0.1, 0.15) is 12.3 Å². The van der Waals surface area contributed by atoms with E-state index >= 15 is 0 Å². The first-order valence-electron chi connectivity index (χ1n) is 4.72. The molecule has 5 N–H and O–H groups in total. The van der Waals surface area contributed by atoms with Gasteiger partial charge in [0.25, 0.3) is 0 Å². The van der Waals surface area contributed by atoms with Crippen LogP contribution in [-0.2, 0) is 9.59 Å². The third-order valence-electron chi connectivity index (χ3n) is 1.45. The highest BCUT2D eigenvalue weighted by molar-refractivity contribution is 5.72. The molecule has 0 aliphatic carbocycles. The summed E-state index contributed by atoms with van der Waals surface area (Å²) in [6, 6.07) is -0.716. The second-order valence-electron chi connectivity index (χ2n) is 2.80. The van der Waals surface area contributed by atoms with E-state index in [1.54, 1.807) is 0 Å². The SMILES string of the molecule is CCC=O.NCCCC[C@H](N)C(=O)O. The Morgan fingerprint density at radius 2 is 2.00 bits per heavy atom. The Kier molecular flexibility index (Phi) is 13.4. The highest BCUT2D eigenvalue weighted by Crippen LogP contribution is 1.96. The molecule has 0 aliphatic rings. The number of aliphatic carboxylic acids is 1. The molecule has 1 atom stereocenters. The standard InChI is InChI=1S/C6H14N2O2.C3H6O/c7-4-2-1-3-5(8)6(9)10;1-2-3-4/h5H,1-4,7-8H2,(H,9,10);3H,2H2,1H3/t5-;/m0./s1. The molecule has 0 aliphatic heterocycles. The molecule has 5 nitrogen and oxygen atoms in total. The molecule has 0 bridgehead atoms. The minimum Gasteiger partial charge on any atom is -0.480 e. The Hall–Kier alpha value is -0.940. The van der Waals surface area contributed by atoms with E-state index in [1.165, 1.54) is 0 Å². The number of carbonyl (C=O) groups is 2. The van der Waals surface area contributed by atoms with E-state index in [1.807, 2.05) is 6.92 Å². The normalized spacial score (nSPS) is 11.1. The average molecular weight is 204 g/mol. The number of hydrogen-bond donors (Lipinski definition) is 3. The molecule has 0 saturated carbocycles. The van der Waals surface area contributed by atoms with Crippen molar-refractivity contribution in [2.75, 3.05) is 6.54 Å². The second kappa shape index (κ2) is 12.1. The van der Waals surface area contributed by atoms with Crippen molar-refractivity contribution in [2.45, 2.75) is 38.6 Å². The molecule has 0 aromatic rings. The lowest BCUT2D eigenvalue weighted by Crippen LogP contribution is -2.29. The van der Waals surface area contributed by atoms with Gasteiger partial charge in [-0.2, -0.15) is 0 Å². The Bertz CT molecular complexity index is 151. The Morgan fingerprint density at radius 3 is 2.29 bits per heavy atom. The first-order valence-corrected chi connectivity index (χ1v) is 4.72. The van der Waals surface area contributed by atoms with Crippen molar-refractivity contribution in [3.05, 3.63) is 0 Å². The van der Waals surface area contributed by atoms with Gasteiger partial charge in [0.05, 0.1) is 0 Å². The summed E-state index contributed by atoms with van der Waals surface area (Å²) in [7, 11) is 0. The van der Waals surface area contributed by atoms with Gasteiger partial charge in [-0.1, -0.05) is 13.3 Å². The van der Waals surface area contributed by atoms with Crippen LogP contribution < -0.4 is 11.5 Å². The van der Waals surface area contributed by atoms with Gasteiger partial charge in [-0.3, -0.25) is 4.79 Å². The van der Waals surface area contributed by atoms with Crippen LogP contribution >= 0.6 is 0 Å². The van der Waals surface area contributed by atoms with Crippen LogP contribution in [0.2, 0.25) is 0 Å². The maximum atomic E-state index is 10.1. The lowest BCUT2D eigenvalue weighted by atomic mass is 10.1. The quantitative estimate of drug-likeness (QED) is 0.421. The maximum absolute atomic E-state index is 10.1. The summed E-state index contributed by atoms with van der Waals surface area (Å²) in [5.41, 5.74) is 10.4. The number of hydrogen-bond acceptors (Lipinski definition) is 4. The Balaban J connectivity index is 0. The van der Waals surface area contributed by atoms with E-state index in [2.05, 4.69) is 0 Å². The van der Waals surface area contributed by atoms with Crippen molar-refractivity contribution < 1.29 is 14.7 Å². The van der Waals surface area contributed by atoms with Gasteiger partial charge < -0.3 is 21.4 Å². The molecule has 0 aromatic carbocycles. The lowest BCUT2D eigenvalue weighted by molar-refractivity contribution is -0.138. The van der Waals surface area contributed by atoms with Gasteiger partial charge >= 0.3 is 5.97 Å². The third-order valence-corrected chi connectivity index (χ3v) is 1.45. The predicted molar refractivity (Wildman–Crippen MR) is 54.9 cm³/mol. The summed E-state index contributed by atoms with van der Waals surface area (Å²) < 4.78 is 0. The summed E-state index contributed by atoms with van der Waals surface area (Å²) in [4.78, 5) is 19.3. The van der Waals surface area contributed by atoms with Crippen LogP contribution in [0.4, 0.5) is 0 Å². The van der Waals surface area contributed by atoms with Gasteiger partial charge in [-0.25, -0.2) is 0 Å². The number of nitrogens with two attached hydrogens (primary N) is 2. The van der Waals surface area contributed by atoms with Gasteiger partial charge in [-0.05, 0) is 19.4 Å². The van der Waals surface area contributed by atoms with Crippen LogP contribution in [0, 0.1) is 0 Å². The fourth-order valence-electron chi connectivity index (χ4n) is 0.632. The van der Waals surface area contributed by atoms with E-state index in [-0.39, 0.29) is 0 Å². The number of carbonyl (C=O) groups excluding carboxylic acids is 1. The van der Waals surface area contributed by atoms with E-state index in [4.69, 9.17) is 16.6 Å². The predicted octanol–water partition coefficient (Wildman–Crippen LogP) is 0.123. The highest BCUT2D eigenvalue weighted by Gasteiger charge is 2.09. The van der Waals surface area contributed by atoms with Crippen molar-refractivity contribution in [1.29, 1.82) is 0 Å². The number of unbranched alkanes of at least 4 members (excludes halogenated alkanes) is 1. The monoisotopic (exact) mass is 204 g/mol. The fraction of sp³-hybridized carbons (Fsp3) is 0.778. The molecule has 0 saturated heterocycles. The molecule has 84 valence electrons. The minimum atomic E-state index is -0.933. The first-order chi connectivity index (χ1) is 6.59. The molecule has 0 amide bonds. The van der Waals surface area contributed by atoms with Crippen molar-refractivity contribution in [3.8, 4) is 0 Å². The highest BCUT2D eigenvalue weighted by atomic mass is 16.4. The Labute approximate surface area is 84.5 Å². The summed E-state index contributed by atoms with van der Waals surface area (Å²) in [5, 5.41) is 8.33. The smallest absolute Gasteiger partial charge is 0.320 e. The molecule has 0 fully saturated rings. The summed E-state index contributed by atoms with van der Waals surface area (Å²) >= 11 is 0. The number of carboxylic acid groups (broad SMARTS) is 1. The van der Waals surface area contributed by atoms with Crippen molar-refractivity contribution in [2.24, 2.45) is 11.5 Å². The number of carboxylic acids is 1. The summed E-state index contributed by atoms with van der Waals surface area (Å²) in [5.74, 6) is -0.933. The van der Waals surface area contributed by atoms with Crippen LogP contribution in [-0.4, -0.2) is 29.9 Å². The molecule has 0 aromatic heterocycles. The third kappa shape index (κ3) is 13.6. The van der Waals surface area contributed by atoms with Gasteiger partial charge in [0.15, 0.2) is 0 Å². The fourth-order valence-corrected chi connectivity index (χ4v) is 0.632. The van der Waals surface area contributed by atoms with Crippen LogP contribution in [0.5, 0.6) is 0 Å². The molecular formula is C9H20N2O3. The van der Waals surface area contributed by atoms with Crippen molar-refractivity contribution >= 4 is 12.3 Å². The molecule has 0 unspecified atom stereocenters. The largest absolute Gasteiger partial charge is 0.480 e. The van der Waals surface area contributed by atoms with E-state index < -0.39 is 12.0 Å². The molecule has 0 radical (unpaired) electrons. The van der Waals surface area contributed by atoms with Crippen LogP contribution in [0.1, 0.15) is 32.6 Å². The molecule has 0 heterocycles. The topological polar surface area (TPSA) is 106 Å². The zero-order chi connectivity index (χ0) is 11.4. The van der Waals surface area contributed by atoms with Crippen molar-refractivity contribution in [3.63, 3.8) is 0 Å². The molecular weight excluding hydrogens is 184 g/mol. The van der Waals surface area contributed by atoms with Crippen LogP contribution in [0.25, 0.3) is 0 Å². The molecule has 0 spiro atoms. The second-order valence-corrected chi connectivity index (χ2v) is 2.80. The van der Waals surface area contributed by atoms with E-state index in [0.717, 1.165) is 19.1 Å². The van der Waals surface area contributed by atoms with E-state index in [0.29, 0.717) is 19.4 Å². The van der Waals surface area contributed by atoms with Gasteiger partial charge in [0, 0.05) is 6.42 Å².